The van der Waals surface area contributed by atoms with Crippen LogP contribution in [0.1, 0.15) is 60.4 Å². The van der Waals surface area contributed by atoms with Crippen LogP contribution < -0.4 is 0 Å². The van der Waals surface area contributed by atoms with Gasteiger partial charge in [-0.15, -0.1) is 0 Å². The molecule has 0 atom stereocenters. The van der Waals surface area contributed by atoms with E-state index in [-0.39, 0.29) is 33.0 Å². The molecule has 9 heteroatoms. The second kappa shape index (κ2) is 6.18. The Morgan fingerprint density at radius 2 is 1.76 bits per heavy atom. The van der Waals surface area contributed by atoms with Crippen LogP contribution in [0.3, 0.4) is 0 Å². The average molecular weight is 471 g/mol. The quantitative estimate of drug-likeness (QED) is 0.629. The van der Waals surface area contributed by atoms with Crippen LogP contribution in [0.4, 0.5) is 13.2 Å². The van der Waals surface area contributed by atoms with Gasteiger partial charge in [-0.25, -0.2) is 9.50 Å². The third-order valence-electron chi connectivity index (χ3n) is 7.18. The van der Waals surface area contributed by atoms with Gasteiger partial charge < -0.3 is 4.90 Å². The van der Waals surface area contributed by atoms with E-state index < -0.39 is 11.9 Å². The molecule has 0 aliphatic heterocycles. The zero-order valence-electron chi connectivity index (χ0n) is 16.3. The van der Waals surface area contributed by atoms with Crippen molar-refractivity contribution in [2.45, 2.75) is 57.2 Å². The Hall–Kier alpha value is -1.64. The number of carbonyl (C=O) groups excluding carboxylic acids is 1. The van der Waals surface area contributed by atoms with Gasteiger partial charge >= 0.3 is 6.18 Å². The Bertz CT molecular complexity index is 980. The third kappa shape index (κ3) is 2.91. The summed E-state index contributed by atoms with van der Waals surface area (Å²) in [6.07, 6.45) is 2.10. The lowest BCUT2D eigenvalue weighted by atomic mass is 9.52. The van der Waals surface area contributed by atoms with Gasteiger partial charge in [0, 0.05) is 18.3 Å². The van der Waals surface area contributed by atoms with E-state index in [9.17, 15) is 18.0 Å². The number of carbonyl (C=O) groups is 1. The van der Waals surface area contributed by atoms with E-state index in [0.29, 0.717) is 17.8 Å². The number of hydrogen-bond acceptors (Lipinski definition) is 3. The number of hydrogen-bond donors (Lipinski definition) is 0. The maximum Gasteiger partial charge on any atom is 0.433 e. The standard InChI is InChI=1S/C20H22BrF3N4O/c1-10-3-14(20(22,23)24)28-17(25-10)15(21)16(26-28)18(29)27(2)19-7-11-4-12(8-19)6-13(5-11)9-19/h3,11-13H,4-9H2,1-2H3. The lowest BCUT2D eigenvalue weighted by Gasteiger charge is -2.59. The van der Waals surface area contributed by atoms with Gasteiger partial charge in [-0.1, -0.05) is 0 Å². The lowest BCUT2D eigenvalue weighted by molar-refractivity contribution is -0.142. The molecule has 5 nitrogen and oxygen atoms in total. The number of halogens is 4. The summed E-state index contributed by atoms with van der Waals surface area (Å²) in [5.74, 6) is 1.63. The first-order valence-electron chi connectivity index (χ1n) is 9.98. The SMILES string of the molecule is Cc1cc(C(F)(F)F)n2nc(C(=O)N(C)C34CC5CC(CC(C5)C3)C4)c(Br)c2n1. The Labute approximate surface area is 174 Å². The summed E-state index contributed by atoms with van der Waals surface area (Å²) < 4.78 is 41.5. The van der Waals surface area contributed by atoms with Crippen molar-refractivity contribution < 1.29 is 18.0 Å². The highest BCUT2D eigenvalue weighted by molar-refractivity contribution is 9.10. The van der Waals surface area contributed by atoms with Crippen molar-refractivity contribution in [3.05, 3.63) is 27.6 Å². The number of aryl methyl sites for hydroxylation is 1. The number of amides is 1. The van der Waals surface area contributed by atoms with Crippen molar-refractivity contribution in [1.29, 1.82) is 0 Å². The molecule has 156 valence electrons. The van der Waals surface area contributed by atoms with Gasteiger partial charge in [-0.2, -0.15) is 18.3 Å². The zero-order chi connectivity index (χ0) is 20.7. The first-order chi connectivity index (χ1) is 13.6. The minimum atomic E-state index is -4.59. The molecule has 0 saturated heterocycles. The van der Waals surface area contributed by atoms with Crippen molar-refractivity contribution in [3.63, 3.8) is 0 Å². The second-order valence-corrected chi connectivity index (χ2v) is 9.98. The molecule has 4 fully saturated rings. The molecular formula is C20H22BrF3N4O. The normalized spacial score (nSPS) is 30.9. The van der Waals surface area contributed by atoms with E-state index in [1.165, 1.54) is 26.2 Å². The van der Waals surface area contributed by atoms with Gasteiger partial charge in [0.05, 0.1) is 4.47 Å². The molecule has 29 heavy (non-hydrogen) atoms. The van der Waals surface area contributed by atoms with Crippen LogP contribution in [0.2, 0.25) is 0 Å². The topological polar surface area (TPSA) is 50.5 Å². The van der Waals surface area contributed by atoms with E-state index in [4.69, 9.17) is 0 Å². The minimum absolute atomic E-state index is 0.00755. The average Bonchev–Trinajstić information content (AvgIpc) is 2.94. The first kappa shape index (κ1) is 19.3. The molecule has 2 aromatic heterocycles. The summed E-state index contributed by atoms with van der Waals surface area (Å²) in [4.78, 5) is 19.4. The largest absolute Gasteiger partial charge is 0.433 e. The highest BCUT2D eigenvalue weighted by Crippen LogP contribution is 2.57. The summed E-state index contributed by atoms with van der Waals surface area (Å²) in [5.41, 5.74) is -0.903. The van der Waals surface area contributed by atoms with E-state index in [1.54, 1.807) is 11.9 Å². The maximum absolute atomic E-state index is 13.5. The van der Waals surface area contributed by atoms with E-state index in [1.807, 2.05) is 0 Å². The van der Waals surface area contributed by atoms with Gasteiger partial charge in [0.2, 0.25) is 0 Å². The van der Waals surface area contributed by atoms with Gasteiger partial charge in [0.25, 0.3) is 5.91 Å². The number of nitrogens with zero attached hydrogens (tertiary/aromatic N) is 4. The summed E-state index contributed by atoms with van der Waals surface area (Å²) in [6, 6.07) is 0.948. The molecule has 0 aromatic carbocycles. The molecule has 4 saturated carbocycles. The Kier molecular flexibility index (Phi) is 4.12. The van der Waals surface area contributed by atoms with Crippen molar-refractivity contribution in [3.8, 4) is 0 Å². The monoisotopic (exact) mass is 470 g/mol. The van der Waals surface area contributed by atoms with Crippen LogP contribution >= 0.6 is 15.9 Å². The Morgan fingerprint density at radius 3 is 2.28 bits per heavy atom. The van der Waals surface area contributed by atoms with Gasteiger partial charge in [0.15, 0.2) is 11.3 Å². The molecule has 4 aliphatic carbocycles. The fraction of sp³-hybridized carbons (Fsp3) is 0.650. The van der Waals surface area contributed by atoms with E-state index >= 15 is 0 Å². The minimum Gasteiger partial charge on any atom is -0.335 e. The molecule has 4 bridgehead atoms. The smallest absolute Gasteiger partial charge is 0.335 e. The zero-order valence-corrected chi connectivity index (χ0v) is 17.8. The Balaban J connectivity index is 1.56. The predicted molar refractivity (Wildman–Crippen MR) is 103 cm³/mol. The summed E-state index contributed by atoms with van der Waals surface area (Å²) in [6.45, 7) is 1.50. The Morgan fingerprint density at radius 1 is 1.21 bits per heavy atom. The maximum atomic E-state index is 13.5. The molecule has 2 aromatic rings. The molecular weight excluding hydrogens is 449 g/mol. The fourth-order valence-electron chi connectivity index (χ4n) is 6.30. The first-order valence-corrected chi connectivity index (χ1v) is 10.8. The molecule has 2 heterocycles. The molecule has 4 aliphatic rings. The third-order valence-corrected chi connectivity index (χ3v) is 7.91. The van der Waals surface area contributed by atoms with Crippen LogP contribution in [0, 0.1) is 24.7 Å². The molecule has 0 N–H and O–H groups in total. The van der Waals surface area contributed by atoms with Gasteiger partial charge in [0.1, 0.15) is 5.69 Å². The van der Waals surface area contributed by atoms with Crippen LogP contribution in [-0.2, 0) is 6.18 Å². The molecule has 1 amide bonds. The number of rotatable bonds is 2. The molecule has 0 unspecified atom stereocenters. The number of alkyl halides is 3. The van der Waals surface area contributed by atoms with Crippen molar-refractivity contribution in [1.82, 2.24) is 19.5 Å². The van der Waals surface area contributed by atoms with Crippen molar-refractivity contribution in [2.75, 3.05) is 7.05 Å². The molecule has 0 radical (unpaired) electrons. The summed E-state index contributed by atoms with van der Waals surface area (Å²) >= 11 is 3.31. The van der Waals surface area contributed by atoms with Crippen LogP contribution in [0.5, 0.6) is 0 Å². The number of aromatic nitrogens is 3. The predicted octanol–water partition coefficient (Wildman–Crippen LogP) is 4.86. The lowest BCUT2D eigenvalue weighted by Crippen LogP contribution is -2.60. The number of fused-ring (bicyclic) bond motifs is 1. The summed E-state index contributed by atoms with van der Waals surface area (Å²) in [7, 11) is 1.79. The van der Waals surface area contributed by atoms with Crippen molar-refractivity contribution >= 4 is 27.5 Å². The van der Waals surface area contributed by atoms with Gasteiger partial charge in [-0.3, -0.25) is 4.79 Å². The summed E-state index contributed by atoms with van der Waals surface area (Å²) in [5, 5.41) is 4.06. The fourth-order valence-corrected chi connectivity index (χ4v) is 6.81. The highest BCUT2D eigenvalue weighted by Gasteiger charge is 2.54. The van der Waals surface area contributed by atoms with E-state index in [0.717, 1.165) is 29.8 Å². The second-order valence-electron chi connectivity index (χ2n) is 9.18. The highest BCUT2D eigenvalue weighted by atomic mass is 79.9. The molecule has 6 rings (SSSR count). The van der Waals surface area contributed by atoms with E-state index in [2.05, 4.69) is 26.0 Å². The molecule has 0 spiro atoms. The van der Waals surface area contributed by atoms with Crippen molar-refractivity contribution in [2.24, 2.45) is 17.8 Å². The van der Waals surface area contributed by atoms with Gasteiger partial charge in [-0.05, 0) is 85.2 Å². The van der Waals surface area contributed by atoms with Crippen LogP contribution in [0.25, 0.3) is 5.65 Å². The van der Waals surface area contributed by atoms with Crippen LogP contribution in [0.15, 0.2) is 10.5 Å². The van der Waals surface area contributed by atoms with Crippen LogP contribution in [-0.4, -0.2) is 38.0 Å².